The molecule has 2 aliphatic rings. The summed E-state index contributed by atoms with van der Waals surface area (Å²) >= 11 is 1.17. The number of nitrogens with one attached hydrogen (secondary N) is 1. The Morgan fingerprint density at radius 2 is 1.88 bits per heavy atom. The summed E-state index contributed by atoms with van der Waals surface area (Å²) in [6, 6.07) is 15.9. The highest BCUT2D eigenvalue weighted by atomic mass is 32.2. The molecule has 2 fully saturated rings. The number of H-pyrrole nitrogens is 1. The van der Waals surface area contributed by atoms with Gasteiger partial charge in [-0.15, -0.1) is 9.05 Å². The fourth-order valence-corrected chi connectivity index (χ4v) is 6.55. The number of aliphatic hydroxyl groups is 1. The molecule has 5 atom stereocenters. The topological polar surface area (TPSA) is 173 Å². The van der Waals surface area contributed by atoms with E-state index in [1.165, 1.54) is 20.7 Å². The average molecular weight is 580 g/mol. The van der Waals surface area contributed by atoms with Crippen LogP contribution in [0.2, 0.25) is 0 Å². The van der Waals surface area contributed by atoms with Crippen molar-refractivity contribution in [1.29, 1.82) is 0 Å². The number of aliphatic hydroxyl groups excluding tert-OH is 1. The fourth-order valence-electron chi connectivity index (χ4n) is 4.85. The molecular weight excluding hydrogens is 560 g/mol. The van der Waals surface area contributed by atoms with Gasteiger partial charge in [0.05, 0.1) is 5.69 Å². The van der Waals surface area contributed by atoms with E-state index >= 15 is 0 Å². The van der Waals surface area contributed by atoms with Gasteiger partial charge in [0.1, 0.15) is 18.8 Å². The average Bonchev–Trinajstić information content (AvgIpc) is 3.64. The summed E-state index contributed by atoms with van der Waals surface area (Å²) in [4.78, 5) is 26.8. The Labute approximate surface area is 230 Å². The van der Waals surface area contributed by atoms with Crippen LogP contribution in [0.3, 0.4) is 0 Å². The predicted octanol–water partition coefficient (Wildman–Crippen LogP) is 1.20. The zero-order chi connectivity index (χ0) is 27.5. The van der Waals surface area contributed by atoms with Crippen molar-refractivity contribution in [3.8, 4) is 11.3 Å². The number of fused-ring (bicyclic) bond motifs is 3. The lowest BCUT2D eigenvalue weighted by Gasteiger charge is -2.18. The molecule has 40 heavy (non-hydrogen) atoms. The summed E-state index contributed by atoms with van der Waals surface area (Å²) in [5, 5.41) is 30.3. The smallest absolute Gasteiger partial charge is 0.423 e. The van der Waals surface area contributed by atoms with Crippen molar-refractivity contribution < 1.29 is 33.5 Å². The van der Waals surface area contributed by atoms with Crippen molar-refractivity contribution in [2.45, 2.75) is 34.6 Å². The highest BCUT2D eigenvalue weighted by molar-refractivity contribution is 7.99. The van der Waals surface area contributed by atoms with Crippen molar-refractivity contribution in [3.05, 3.63) is 71.1 Å². The molecule has 4 N–H and O–H groups in total. The van der Waals surface area contributed by atoms with Crippen molar-refractivity contribution in [2.24, 2.45) is 0 Å². The summed E-state index contributed by atoms with van der Waals surface area (Å²) in [6.07, 6.45) is -2.30. The lowest BCUT2D eigenvalue weighted by Crippen LogP contribution is -2.37. The molecule has 5 heterocycles. The van der Waals surface area contributed by atoms with Crippen LogP contribution in [-0.4, -0.2) is 71.1 Å². The van der Waals surface area contributed by atoms with Crippen LogP contribution in [0, 0.1) is 0 Å². The first-order chi connectivity index (χ1) is 19.4. The second kappa shape index (κ2) is 9.91. The molecule has 0 radical (unpaired) electrons. The summed E-state index contributed by atoms with van der Waals surface area (Å²) in [7, 11) is -4.02. The molecule has 7 rings (SSSR count). The van der Waals surface area contributed by atoms with Gasteiger partial charge in [0.15, 0.2) is 28.7 Å². The number of nitrogens with zero attached hydrogens (tertiary/aromatic N) is 4. The van der Waals surface area contributed by atoms with Gasteiger partial charge in [-0.25, -0.2) is 9.38 Å². The van der Waals surface area contributed by atoms with Crippen LogP contribution in [0.25, 0.3) is 28.2 Å². The van der Waals surface area contributed by atoms with Crippen molar-refractivity contribution in [3.63, 3.8) is 0 Å². The van der Waals surface area contributed by atoms with Crippen molar-refractivity contribution in [1.82, 2.24) is 23.9 Å². The Morgan fingerprint density at radius 1 is 1.10 bits per heavy atom. The Balaban J connectivity index is 1.38. The molecular formula is C24H20BN5O8PS+. The Bertz CT molecular complexity index is 1810. The quantitative estimate of drug-likeness (QED) is 0.174. The minimum atomic E-state index is -2.40. The van der Waals surface area contributed by atoms with Gasteiger partial charge >= 0.3 is 15.4 Å². The van der Waals surface area contributed by atoms with Gasteiger partial charge in [0.25, 0.3) is 5.56 Å². The number of benzene rings is 2. The highest BCUT2D eigenvalue weighted by Crippen LogP contribution is 2.44. The van der Waals surface area contributed by atoms with Gasteiger partial charge in [-0.3, -0.25) is 9.36 Å². The van der Waals surface area contributed by atoms with Crippen LogP contribution in [0.4, 0.5) is 0 Å². The third kappa shape index (κ3) is 4.28. The first kappa shape index (κ1) is 25.6. The van der Waals surface area contributed by atoms with Gasteiger partial charge in [-0.05, 0) is 23.2 Å². The Kier molecular flexibility index (Phi) is 6.33. The van der Waals surface area contributed by atoms with E-state index in [1.807, 2.05) is 30.3 Å². The Hall–Kier alpha value is -3.40. The number of imidazole rings is 2. The number of rotatable bonds is 5. The number of hydrogen-bond donors (Lipinski definition) is 4. The Morgan fingerprint density at radius 3 is 2.62 bits per heavy atom. The van der Waals surface area contributed by atoms with Crippen LogP contribution in [0.5, 0.6) is 0 Å². The predicted molar refractivity (Wildman–Crippen MR) is 143 cm³/mol. The number of aromatic amines is 1. The molecule has 0 bridgehead atoms. The summed E-state index contributed by atoms with van der Waals surface area (Å²) in [5.41, 5.74) is 1.66. The molecule has 13 nitrogen and oxygen atoms in total. The standard InChI is InChI=1S/C24H19BN5O8PS/c31-18-19-16(11-36-39(35)38-19)37-22(18)30-20-17(27-24(30)40-14-8-6-13(7-9-14)25(33)34)21(32)29-10-15(26-23(29)28-20)12-4-2-1-3-5-12/h1-10,16,18-19,22,31,33-34H,11H2/p+1/t16?,18-,19+,22+/m0/s1. The molecule has 0 spiro atoms. The molecule has 0 saturated carbocycles. The van der Waals surface area contributed by atoms with Gasteiger partial charge in [-0.2, -0.15) is 4.98 Å². The van der Waals surface area contributed by atoms with Crippen LogP contribution in [0.1, 0.15) is 6.23 Å². The molecule has 5 aromatic rings. The maximum atomic E-state index is 13.6. The maximum Gasteiger partial charge on any atom is 0.697 e. The number of ether oxygens (including phenoxy) is 1. The molecule has 202 valence electrons. The normalized spacial score (nSPS) is 23.6. The zero-order valence-electron chi connectivity index (χ0n) is 20.4. The molecule has 2 unspecified atom stereocenters. The third-order valence-electron chi connectivity index (χ3n) is 6.81. The lowest BCUT2D eigenvalue weighted by molar-refractivity contribution is -0.0583. The second-order valence-corrected chi connectivity index (χ2v) is 11.2. The van der Waals surface area contributed by atoms with E-state index in [9.17, 15) is 24.5 Å². The van der Waals surface area contributed by atoms with E-state index in [0.29, 0.717) is 21.2 Å². The lowest BCUT2D eigenvalue weighted by atomic mass is 9.81. The van der Waals surface area contributed by atoms with Crippen molar-refractivity contribution >= 4 is 49.5 Å². The van der Waals surface area contributed by atoms with Gasteiger partial charge in [0, 0.05) is 15.7 Å². The van der Waals surface area contributed by atoms with Crippen LogP contribution in [-0.2, 0) is 18.3 Å². The summed E-state index contributed by atoms with van der Waals surface area (Å²) in [6.45, 7) is -0.0368. The molecule has 0 aliphatic carbocycles. The molecule has 2 aromatic carbocycles. The number of aromatic nitrogens is 5. The van der Waals surface area contributed by atoms with Crippen molar-refractivity contribution in [2.75, 3.05) is 6.61 Å². The second-order valence-electron chi connectivity index (χ2n) is 9.27. The van der Waals surface area contributed by atoms with E-state index < -0.39 is 45.5 Å². The highest BCUT2D eigenvalue weighted by Gasteiger charge is 2.55. The third-order valence-corrected chi connectivity index (χ3v) is 8.56. The number of hydrogen-bond acceptors (Lipinski definition) is 11. The SMILES string of the molecule is O=c1c2nc(Sc3ccc(B(O)O)cc3)n([C@@H]3OC4CO[P+](=O)O[C@H]4[C@@H]3O)c2nc2[nH]c(-c3ccccc3)cn12. The molecule has 2 aliphatic heterocycles. The zero-order valence-corrected chi connectivity index (χ0v) is 22.1. The molecule has 16 heteroatoms. The minimum Gasteiger partial charge on any atom is -0.423 e. The van der Waals surface area contributed by atoms with Gasteiger partial charge in [-0.1, -0.05) is 54.2 Å². The summed E-state index contributed by atoms with van der Waals surface area (Å²) < 4.78 is 31.3. The van der Waals surface area contributed by atoms with Gasteiger partial charge < -0.3 is 24.9 Å². The first-order valence-corrected chi connectivity index (χ1v) is 14.1. The van der Waals surface area contributed by atoms with E-state index in [1.54, 1.807) is 30.5 Å². The van der Waals surface area contributed by atoms with E-state index in [0.717, 1.165) is 5.56 Å². The van der Waals surface area contributed by atoms with Crippen LogP contribution in [0.15, 0.2) is 75.6 Å². The first-order valence-electron chi connectivity index (χ1n) is 12.2. The van der Waals surface area contributed by atoms with Gasteiger partial charge in [0.2, 0.25) is 5.78 Å². The minimum absolute atomic E-state index is 0.0368. The molecule has 0 amide bonds. The summed E-state index contributed by atoms with van der Waals surface area (Å²) in [5.74, 6) is 0.267. The monoisotopic (exact) mass is 580 g/mol. The fraction of sp³-hybridized carbons (Fsp3) is 0.208. The van der Waals surface area contributed by atoms with E-state index in [4.69, 9.17) is 18.8 Å². The molecule has 2 saturated heterocycles. The van der Waals surface area contributed by atoms with E-state index in [2.05, 4.69) is 9.97 Å². The van der Waals surface area contributed by atoms with Crippen LogP contribution >= 0.6 is 20.0 Å². The van der Waals surface area contributed by atoms with Crippen LogP contribution < -0.4 is 11.0 Å². The van der Waals surface area contributed by atoms with E-state index in [-0.39, 0.29) is 23.5 Å². The molecule has 3 aromatic heterocycles. The maximum absolute atomic E-state index is 13.6. The largest absolute Gasteiger partial charge is 0.697 e.